The number of hydrazone groups is 1. The molecule has 0 aromatic carbocycles. The summed E-state index contributed by atoms with van der Waals surface area (Å²) in [7, 11) is 0. The lowest BCUT2D eigenvalue weighted by molar-refractivity contribution is 1.22. The lowest BCUT2D eigenvalue weighted by Crippen LogP contribution is -1.90. The number of hydrogen-bond acceptors (Lipinski definition) is 5. The van der Waals surface area contributed by atoms with Crippen molar-refractivity contribution in [2.75, 3.05) is 5.43 Å². The molecule has 0 atom stereocenters. The van der Waals surface area contributed by atoms with Gasteiger partial charge in [-0.25, -0.2) is 4.98 Å². The molecule has 2 heterocycles. The number of rotatable bonds is 3. The quantitative estimate of drug-likeness (QED) is 0.635. The number of anilines is 1. The van der Waals surface area contributed by atoms with Crippen LogP contribution in [0.3, 0.4) is 0 Å². The van der Waals surface area contributed by atoms with E-state index < -0.39 is 0 Å². The second-order valence-corrected chi connectivity index (χ2v) is 3.81. The lowest BCUT2D eigenvalue weighted by Gasteiger charge is -1.92. The standard InChI is InChI=1S/C10H10N4S/c1-8-7-15-10(13-8)14-12-6-9-3-2-4-11-5-9/h2-7H,1H3,(H,13,14)/b12-6-. The normalized spacial score (nSPS) is 10.7. The van der Waals surface area contributed by atoms with Gasteiger partial charge in [-0.2, -0.15) is 5.10 Å². The molecule has 2 aromatic heterocycles. The van der Waals surface area contributed by atoms with E-state index in [4.69, 9.17) is 0 Å². The highest BCUT2D eigenvalue weighted by atomic mass is 32.1. The third-order valence-electron chi connectivity index (χ3n) is 1.68. The van der Waals surface area contributed by atoms with E-state index in [1.54, 1.807) is 18.6 Å². The molecule has 0 unspecified atom stereocenters. The highest BCUT2D eigenvalue weighted by molar-refractivity contribution is 7.13. The SMILES string of the molecule is Cc1csc(N/N=C\c2cccnc2)n1. The molecule has 4 nitrogen and oxygen atoms in total. The molecule has 76 valence electrons. The van der Waals surface area contributed by atoms with Gasteiger partial charge in [-0.1, -0.05) is 6.07 Å². The maximum Gasteiger partial charge on any atom is 0.203 e. The minimum atomic E-state index is 0.799. The summed E-state index contributed by atoms with van der Waals surface area (Å²) in [5.74, 6) is 0. The number of aryl methyl sites for hydroxylation is 1. The van der Waals surface area contributed by atoms with Gasteiger partial charge in [-0.3, -0.25) is 10.4 Å². The zero-order valence-corrected chi connectivity index (χ0v) is 9.03. The van der Waals surface area contributed by atoms with E-state index in [-0.39, 0.29) is 0 Å². The molecule has 0 aliphatic rings. The van der Waals surface area contributed by atoms with Crippen LogP contribution in [0.25, 0.3) is 0 Å². The zero-order chi connectivity index (χ0) is 10.5. The predicted molar refractivity (Wildman–Crippen MR) is 62.3 cm³/mol. The van der Waals surface area contributed by atoms with Crippen molar-refractivity contribution < 1.29 is 0 Å². The van der Waals surface area contributed by atoms with Crippen LogP contribution in [-0.2, 0) is 0 Å². The molecule has 0 aliphatic heterocycles. The van der Waals surface area contributed by atoms with Crippen molar-refractivity contribution >= 4 is 22.7 Å². The molecule has 2 rings (SSSR count). The van der Waals surface area contributed by atoms with Crippen LogP contribution in [0.4, 0.5) is 5.13 Å². The topological polar surface area (TPSA) is 50.2 Å². The largest absolute Gasteiger partial charge is 0.264 e. The van der Waals surface area contributed by atoms with Crippen LogP contribution in [0.2, 0.25) is 0 Å². The summed E-state index contributed by atoms with van der Waals surface area (Å²) in [6.45, 7) is 1.95. The van der Waals surface area contributed by atoms with E-state index >= 15 is 0 Å². The molecular weight excluding hydrogens is 208 g/mol. The highest BCUT2D eigenvalue weighted by Gasteiger charge is 1.94. The number of pyridine rings is 1. The van der Waals surface area contributed by atoms with Gasteiger partial charge in [0.1, 0.15) is 0 Å². The molecule has 5 heteroatoms. The van der Waals surface area contributed by atoms with E-state index in [0.29, 0.717) is 0 Å². The molecule has 0 spiro atoms. The van der Waals surface area contributed by atoms with Crippen molar-refractivity contribution in [1.29, 1.82) is 0 Å². The Hall–Kier alpha value is -1.75. The van der Waals surface area contributed by atoms with E-state index in [1.165, 1.54) is 11.3 Å². The summed E-state index contributed by atoms with van der Waals surface area (Å²) >= 11 is 1.53. The molecule has 2 aromatic rings. The van der Waals surface area contributed by atoms with E-state index in [0.717, 1.165) is 16.4 Å². The van der Waals surface area contributed by atoms with Gasteiger partial charge < -0.3 is 0 Å². The van der Waals surface area contributed by atoms with Gasteiger partial charge in [0.05, 0.1) is 11.9 Å². The van der Waals surface area contributed by atoms with Crippen LogP contribution in [0, 0.1) is 6.92 Å². The Morgan fingerprint density at radius 3 is 3.13 bits per heavy atom. The molecule has 0 saturated heterocycles. The average Bonchev–Trinajstić information content (AvgIpc) is 2.66. The smallest absolute Gasteiger partial charge is 0.203 e. The van der Waals surface area contributed by atoms with Gasteiger partial charge in [0.15, 0.2) is 0 Å². The maximum absolute atomic E-state index is 4.22. The first kappa shape index (κ1) is 9.79. The minimum Gasteiger partial charge on any atom is -0.264 e. The molecular formula is C10H10N4S. The molecule has 15 heavy (non-hydrogen) atoms. The minimum absolute atomic E-state index is 0.799. The molecule has 0 fully saturated rings. The second-order valence-electron chi connectivity index (χ2n) is 2.95. The fourth-order valence-electron chi connectivity index (χ4n) is 1.02. The number of hydrogen-bond donors (Lipinski definition) is 1. The summed E-state index contributed by atoms with van der Waals surface area (Å²) in [5, 5.41) is 6.83. The van der Waals surface area contributed by atoms with Crippen LogP contribution >= 0.6 is 11.3 Å². The molecule has 0 radical (unpaired) electrons. The Morgan fingerprint density at radius 2 is 2.47 bits per heavy atom. The summed E-state index contributed by atoms with van der Waals surface area (Å²) in [4.78, 5) is 8.20. The number of nitrogens with zero attached hydrogens (tertiary/aromatic N) is 3. The molecule has 0 aliphatic carbocycles. The summed E-state index contributed by atoms with van der Waals surface area (Å²) < 4.78 is 0. The van der Waals surface area contributed by atoms with Crippen molar-refractivity contribution in [3.05, 3.63) is 41.2 Å². The Morgan fingerprint density at radius 1 is 1.53 bits per heavy atom. The Labute approximate surface area is 91.7 Å². The fraction of sp³-hybridized carbons (Fsp3) is 0.100. The second kappa shape index (κ2) is 4.65. The van der Waals surface area contributed by atoms with Gasteiger partial charge in [-0.05, 0) is 13.0 Å². The van der Waals surface area contributed by atoms with Crippen LogP contribution in [0.5, 0.6) is 0 Å². The van der Waals surface area contributed by atoms with Crippen LogP contribution in [-0.4, -0.2) is 16.2 Å². The molecule has 1 N–H and O–H groups in total. The van der Waals surface area contributed by atoms with E-state index in [9.17, 15) is 0 Å². The van der Waals surface area contributed by atoms with Gasteiger partial charge in [0, 0.05) is 23.3 Å². The van der Waals surface area contributed by atoms with Crippen LogP contribution in [0.15, 0.2) is 35.0 Å². The van der Waals surface area contributed by atoms with Gasteiger partial charge in [-0.15, -0.1) is 11.3 Å². The Balaban J connectivity index is 1.96. The Kier molecular flexibility index (Phi) is 3.04. The van der Waals surface area contributed by atoms with Crippen LogP contribution in [0.1, 0.15) is 11.3 Å². The Bertz CT molecular complexity index is 449. The van der Waals surface area contributed by atoms with E-state index in [2.05, 4.69) is 20.5 Å². The first-order valence-electron chi connectivity index (χ1n) is 4.46. The number of nitrogens with one attached hydrogen (secondary N) is 1. The number of thiazole rings is 1. The fourth-order valence-corrected chi connectivity index (χ4v) is 1.66. The van der Waals surface area contributed by atoms with Crippen molar-refractivity contribution in [2.24, 2.45) is 5.10 Å². The average molecular weight is 218 g/mol. The number of aromatic nitrogens is 2. The van der Waals surface area contributed by atoms with Crippen LogP contribution < -0.4 is 5.43 Å². The van der Waals surface area contributed by atoms with Crippen molar-refractivity contribution in [3.8, 4) is 0 Å². The molecule has 0 amide bonds. The third kappa shape index (κ3) is 2.85. The maximum atomic E-state index is 4.22. The van der Waals surface area contributed by atoms with Gasteiger partial charge in [0.25, 0.3) is 0 Å². The third-order valence-corrected chi connectivity index (χ3v) is 2.54. The predicted octanol–water partition coefficient (Wildman–Crippen LogP) is 2.29. The van der Waals surface area contributed by atoms with Crippen molar-refractivity contribution in [3.63, 3.8) is 0 Å². The monoisotopic (exact) mass is 218 g/mol. The van der Waals surface area contributed by atoms with Gasteiger partial charge >= 0.3 is 0 Å². The zero-order valence-electron chi connectivity index (χ0n) is 8.21. The molecule has 0 bridgehead atoms. The summed E-state index contributed by atoms with van der Waals surface area (Å²) in [5.41, 5.74) is 4.82. The first-order valence-corrected chi connectivity index (χ1v) is 5.34. The summed E-state index contributed by atoms with van der Waals surface area (Å²) in [6.07, 6.45) is 5.19. The van der Waals surface area contributed by atoms with Crippen molar-refractivity contribution in [1.82, 2.24) is 9.97 Å². The first-order chi connectivity index (χ1) is 7.34. The molecule has 0 saturated carbocycles. The summed E-state index contributed by atoms with van der Waals surface area (Å²) in [6, 6.07) is 3.81. The van der Waals surface area contributed by atoms with Gasteiger partial charge in [0.2, 0.25) is 5.13 Å². The lowest BCUT2D eigenvalue weighted by atomic mass is 10.3. The van der Waals surface area contributed by atoms with Crippen molar-refractivity contribution in [2.45, 2.75) is 6.92 Å². The van der Waals surface area contributed by atoms with E-state index in [1.807, 2.05) is 24.4 Å². The highest BCUT2D eigenvalue weighted by Crippen LogP contribution is 2.13.